The third kappa shape index (κ3) is 3.56. The van der Waals surface area contributed by atoms with Crippen LogP contribution in [0.3, 0.4) is 0 Å². The van der Waals surface area contributed by atoms with Gasteiger partial charge in [-0.3, -0.25) is 14.2 Å². The summed E-state index contributed by atoms with van der Waals surface area (Å²) in [7, 11) is 4.64. The highest BCUT2D eigenvalue weighted by atomic mass is 16.3. The third-order valence-electron chi connectivity index (χ3n) is 4.81. The SMILES string of the molecule is C[C@@H]1C[C@H]1c1ccc(CN(C)C(=O)/C=C/c2cn(C)c(=O)n(C)c2=O)o1. The smallest absolute Gasteiger partial charge is 0.330 e. The molecule has 26 heavy (non-hydrogen) atoms. The van der Waals surface area contributed by atoms with Crippen LogP contribution in [0.4, 0.5) is 0 Å². The van der Waals surface area contributed by atoms with Gasteiger partial charge in [0.05, 0.1) is 12.1 Å². The molecule has 7 heteroatoms. The summed E-state index contributed by atoms with van der Waals surface area (Å²) in [6.07, 6.45) is 5.33. The molecule has 1 aliphatic carbocycles. The number of rotatable bonds is 5. The molecule has 1 aliphatic rings. The van der Waals surface area contributed by atoms with Crippen LogP contribution < -0.4 is 11.2 Å². The molecule has 3 rings (SSSR count). The molecule has 2 heterocycles. The number of furan rings is 1. The van der Waals surface area contributed by atoms with Crippen LogP contribution >= 0.6 is 0 Å². The number of aryl methyl sites for hydroxylation is 1. The van der Waals surface area contributed by atoms with Gasteiger partial charge in [0.2, 0.25) is 5.91 Å². The molecule has 7 nitrogen and oxygen atoms in total. The lowest BCUT2D eigenvalue weighted by molar-refractivity contribution is -0.125. The fraction of sp³-hybridized carbons (Fsp3) is 0.421. The number of aromatic nitrogens is 2. The Bertz CT molecular complexity index is 979. The van der Waals surface area contributed by atoms with Crippen LogP contribution in [0.5, 0.6) is 0 Å². The molecule has 0 aliphatic heterocycles. The van der Waals surface area contributed by atoms with Crippen molar-refractivity contribution < 1.29 is 9.21 Å². The Morgan fingerprint density at radius 1 is 1.35 bits per heavy atom. The van der Waals surface area contributed by atoms with E-state index < -0.39 is 11.2 Å². The van der Waals surface area contributed by atoms with Crippen LogP contribution in [0.25, 0.3) is 6.08 Å². The molecule has 2 atom stereocenters. The minimum Gasteiger partial charge on any atom is -0.464 e. The van der Waals surface area contributed by atoms with Gasteiger partial charge in [-0.05, 0) is 30.5 Å². The molecule has 0 N–H and O–H groups in total. The molecule has 0 radical (unpaired) electrons. The standard InChI is InChI=1S/C19H23N3O4/c1-12-9-15(12)16-7-6-14(26-16)11-20(2)17(23)8-5-13-10-21(3)19(25)22(4)18(13)24/h5-8,10,12,15H,9,11H2,1-4H3/b8-5+/t12-,15-/m1/s1. The van der Waals surface area contributed by atoms with Crippen LogP contribution in [-0.4, -0.2) is 27.0 Å². The highest BCUT2D eigenvalue weighted by Crippen LogP contribution is 2.47. The lowest BCUT2D eigenvalue weighted by Crippen LogP contribution is -2.37. The van der Waals surface area contributed by atoms with Crippen LogP contribution in [0, 0.1) is 5.92 Å². The second kappa shape index (κ2) is 6.82. The molecule has 1 amide bonds. The molecule has 0 aromatic carbocycles. The molecule has 1 fully saturated rings. The number of carbonyl (C=O) groups is 1. The summed E-state index contributed by atoms with van der Waals surface area (Å²) in [5, 5.41) is 0. The Labute approximate surface area is 151 Å². The van der Waals surface area contributed by atoms with Gasteiger partial charge in [0.25, 0.3) is 5.56 Å². The lowest BCUT2D eigenvalue weighted by atomic mass is 10.2. The normalized spacial score (nSPS) is 19.1. The second-order valence-electron chi connectivity index (χ2n) is 6.99. The van der Waals surface area contributed by atoms with Gasteiger partial charge in [-0.1, -0.05) is 6.92 Å². The van der Waals surface area contributed by atoms with E-state index in [2.05, 4.69) is 6.92 Å². The average molecular weight is 357 g/mol. The Hall–Kier alpha value is -2.83. The van der Waals surface area contributed by atoms with Gasteiger partial charge < -0.3 is 13.9 Å². The van der Waals surface area contributed by atoms with Crippen molar-refractivity contribution in [1.29, 1.82) is 0 Å². The number of nitrogens with zero attached hydrogens (tertiary/aromatic N) is 3. The zero-order valence-corrected chi connectivity index (χ0v) is 15.4. The van der Waals surface area contributed by atoms with Gasteiger partial charge in [0.1, 0.15) is 11.5 Å². The zero-order chi connectivity index (χ0) is 19.0. The Morgan fingerprint density at radius 3 is 2.69 bits per heavy atom. The summed E-state index contributed by atoms with van der Waals surface area (Å²) in [5.74, 6) is 2.64. The Balaban J connectivity index is 1.68. The maximum Gasteiger partial charge on any atom is 0.330 e. The highest BCUT2D eigenvalue weighted by Gasteiger charge is 2.36. The lowest BCUT2D eigenvalue weighted by Gasteiger charge is -2.13. The predicted molar refractivity (Wildman–Crippen MR) is 97.7 cm³/mol. The summed E-state index contributed by atoms with van der Waals surface area (Å²) >= 11 is 0. The second-order valence-corrected chi connectivity index (χ2v) is 6.99. The summed E-state index contributed by atoms with van der Waals surface area (Å²) < 4.78 is 8.13. The topological polar surface area (TPSA) is 77.5 Å². The van der Waals surface area contributed by atoms with E-state index in [1.165, 1.54) is 34.9 Å². The summed E-state index contributed by atoms with van der Waals surface area (Å²) in [6.45, 7) is 2.55. The molecule has 0 bridgehead atoms. The van der Waals surface area contributed by atoms with E-state index in [-0.39, 0.29) is 11.5 Å². The van der Waals surface area contributed by atoms with Crippen molar-refractivity contribution in [3.8, 4) is 0 Å². The van der Waals surface area contributed by atoms with Gasteiger partial charge >= 0.3 is 5.69 Å². The minimum atomic E-state index is -0.436. The fourth-order valence-corrected chi connectivity index (χ4v) is 2.95. The highest BCUT2D eigenvalue weighted by molar-refractivity contribution is 5.91. The zero-order valence-electron chi connectivity index (χ0n) is 15.4. The monoisotopic (exact) mass is 357 g/mol. The van der Waals surface area contributed by atoms with E-state index in [1.807, 2.05) is 12.1 Å². The molecular formula is C19H23N3O4. The van der Waals surface area contributed by atoms with E-state index >= 15 is 0 Å². The molecule has 0 spiro atoms. The molecule has 0 saturated heterocycles. The van der Waals surface area contributed by atoms with Crippen LogP contribution in [0.15, 0.2) is 38.4 Å². The van der Waals surface area contributed by atoms with Crippen molar-refractivity contribution in [3.63, 3.8) is 0 Å². The first-order chi connectivity index (χ1) is 12.3. The Morgan fingerprint density at radius 2 is 2.04 bits per heavy atom. The average Bonchev–Trinajstić information content (AvgIpc) is 3.16. The van der Waals surface area contributed by atoms with Gasteiger partial charge in [0.15, 0.2) is 0 Å². The number of hydrogen-bond acceptors (Lipinski definition) is 4. The maximum atomic E-state index is 12.3. The van der Waals surface area contributed by atoms with Crippen LogP contribution in [-0.2, 0) is 25.4 Å². The summed E-state index contributed by atoms with van der Waals surface area (Å²) in [5.41, 5.74) is -0.567. The predicted octanol–water partition coefficient (Wildman–Crippen LogP) is 1.47. The summed E-state index contributed by atoms with van der Waals surface area (Å²) in [4.78, 5) is 37.6. The van der Waals surface area contributed by atoms with Crippen molar-refractivity contribution in [3.05, 3.63) is 62.3 Å². The summed E-state index contributed by atoms with van der Waals surface area (Å²) in [6, 6.07) is 3.88. The van der Waals surface area contributed by atoms with E-state index in [4.69, 9.17) is 4.42 Å². The van der Waals surface area contributed by atoms with Crippen molar-refractivity contribution in [1.82, 2.24) is 14.0 Å². The van der Waals surface area contributed by atoms with Crippen molar-refractivity contribution in [2.45, 2.75) is 25.8 Å². The van der Waals surface area contributed by atoms with Gasteiger partial charge in [-0.15, -0.1) is 0 Å². The Kier molecular flexibility index (Phi) is 4.71. The van der Waals surface area contributed by atoms with Crippen LogP contribution in [0.1, 0.15) is 36.3 Å². The van der Waals surface area contributed by atoms with Crippen molar-refractivity contribution in [2.24, 2.45) is 20.0 Å². The van der Waals surface area contributed by atoms with Gasteiger partial charge in [-0.25, -0.2) is 4.79 Å². The number of hydrogen-bond donors (Lipinski definition) is 0. The molecule has 138 valence electrons. The van der Waals surface area contributed by atoms with E-state index in [9.17, 15) is 14.4 Å². The van der Waals surface area contributed by atoms with E-state index in [0.29, 0.717) is 18.4 Å². The quantitative estimate of drug-likeness (QED) is 0.760. The fourth-order valence-electron chi connectivity index (χ4n) is 2.95. The first-order valence-electron chi connectivity index (χ1n) is 8.56. The first-order valence-corrected chi connectivity index (χ1v) is 8.56. The first kappa shape index (κ1) is 18.0. The molecule has 1 saturated carbocycles. The number of carbonyl (C=O) groups excluding carboxylic acids is 1. The molecular weight excluding hydrogens is 334 g/mol. The largest absolute Gasteiger partial charge is 0.464 e. The van der Waals surface area contributed by atoms with Crippen LogP contribution in [0.2, 0.25) is 0 Å². The van der Waals surface area contributed by atoms with Crippen molar-refractivity contribution >= 4 is 12.0 Å². The van der Waals surface area contributed by atoms with Gasteiger partial charge in [-0.2, -0.15) is 0 Å². The number of likely N-dealkylation sites (N-methyl/N-ethyl adjacent to an activating group) is 1. The number of amides is 1. The maximum absolute atomic E-state index is 12.3. The van der Waals surface area contributed by atoms with E-state index in [0.717, 1.165) is 22.5 Å². The minimum absolute atomic E-state index is 0.251. The van der Waals surface area contributed by atoms with Crippen molar-refractivity contribution in [2.75, 3.05) is 7.05 Å². The van der Waals surface area contributed by atoms with E-state index in [1.54, 1.807) is 14.1 Å². The molecule has 0 unspecified atom stereocenters. The van der Waals surface area contributed by atoms with Gasteiger partial charge in [0, 0.05) is 39.3 Å². The molecule has 2 aromatic heterocycles. The third-order valence-corrected chi connectivity index (χ3v) is 4.81. The molecule has 2 aromatic rings.